The number of guanidine groups is 1. The first-order valence-corrected chi connectivity index (χ1v) is 8.86. The molecule has 1 aromatic heterocycles. The standard InChI is InChI=1S/C19H26N6O2.HI/c1-12-16(11-22-25(12)3)18-13(9-17(26)24(18)2)10-21-19(20)23-14-5-7-15(27-4)8-6-14;/h5-8,11,13,18H,9-10H2,1-4H3,(H3,20,21,23);1H/t13-,18+;/m0./s1. The van der Waals surface area contributed by atoms with Crippen LogP contribution in [0.3, 0.4) is 0 Å². The molecule has 8 nitrogen and oxygen atoms in total. The number of nitrogens with zero attached hydrogens (tertiary/aromatic N) is 4. The minimum atomic E-state index is -0.0382. The minimum absolute atomic E-state index is 0. The molecule has 0 spiro atoms. The summed E-state index contributed by atoms with van der Waals surface area (Å²) in [5.41, 5.74) is 8.98. The van der Waals surface area contributed by atoms with E-state index in [9.17, 15) is 4.79 Å². The van der Waals surface area contributed by atoms with E-state index in [4.69, 9.17) is 10.5 Å². The molecule has 0 radical (unpaired) electrons. The molecule has 3 N–H and O–H groups in total. The summed E-state index contributed by atoms with van der Waals surface area (Å²) in [5, 5.41) is 7.38. The van der Waals surface area contributed by atoms with Crippen LogP contribution in [0, 0.1) is 12.8 Å². The van der Waals surface area contributed by atoms with E-state index in [1.807, 2.05) is 56.2 Å². The SMILES string of the molecule is COc1ccc(NC(N)=NC[C@@H]2CC(=O)N(C)[C@H]2c2cnn(C)c2C)cc1.I. The first kappa shape index (κ1) is 22.0. The van der Waals surface area contributed by atoms with Crippen molar-refractivity contribution in [3.63, 3.8) is 0 Å². The number of carbonyl (C=O) groups is 1. The van der Waals surface area contributed by atoms with Crippen molar-refractivity contribution in [2.45, 2.75) is 19.4 Å². The third-order valence-electron chi connectivity index (χ3n) is 5.14. The van der Waals surface area contributed by atoms with Crippen LogP contribution in [0.2, 0.25) is 0 Å². The molecule has 28 heavy (non-hydrogen) atoms. The third kappa shape index (κ3) is 4.57. The van der Waals surface area contributed by atoms with Crippen molar-refractivity contribution in [1.29, 1.82) is 0 Å². The number of ether oxygens (including phenoxy) is 1. The lowest BCUT2D eigenvalue weighted by atomic mass is 9.94. The molecule has 0 aliphatic carbocycles. The summed E-state index contributed by atoms with van der Waals surface area (Å²) in [5.74, 6) is 1.27. The number of amides is 1. The quantitative estimate of drug-likeness (QED) is 0.375. The number of hydrogen-bond acceptors (Lipinski definition) is 4. The summed E-state index contributed by atoms with van der Waals surface area (Å²) >= 11 is 0. The van der Waals surface area contributed by atoms with Crippen LogP contribution >= 0.6 is 24.0 Å². The van der Waals surface area contributed by atoms with E-state index in [1.165, 1.54) is 0 Å². The van der Waals surface area contributed by atoms with Gasteiger partial charge in [0.2, 0.25) is 5.91 Å². The Bertz CT molecular complexity index is 849. The summed E-state index contributed by atoms with van der Waals surface area (Å²) in [6, 6.07) is 7.40. The highest BCUT2D eigenvalue weighted by molar-refractivity contribution is 14.0. The predicted octanol–water partition coefficient (Wildman–Crippen LogP) is 2.30. The van der Waals surface area contributed by atoms with Gasteiger partial charge in [-0.2, -0.15) is 5.10 Å². The van der Waals surface area contributed by atoms with Gasteiger partial charge in [-0.05, 0) is 31.2 Å². The minimum Gasteiger partial charge on any atom is -0.497 e. The lowest BCUT2D eigenvalue weighted by Gasteiger charge is -2.24. The number of rotatable bonds is 5. The second-order valence-electron chi connectivity index (χ2n) is 6.80. The van der Waals surface area contributed by atoms with Crippen LogP contribution in [0.5, 0.6) is 5.75 Å². The molecule has 0 unspecified atom stereocenters. The van der Waals surface area contributed by atoms with E-state index >= 15 is 0 Å². The first-order chi connectivity index (χ1) is 12.9. The van der Waals surface area contributed by atoms with Crippen LogP contribution in [-0.4, -0.2) is 47.2 Å². The lowest BCUT2D eigenvalue weighted by molar-refractivity contribution is -0.127. The van der Waals surface area contributed by atoms with Crippen LogP contribution in [0.15, 0.2) is 35.5 Å². The van der Waals surface area contributed by atoms with E-state index in [-0.39, 0.29) is 41.8 Å². The lowest BCUT2D eigenvalue weighted by Crippen LogP contribution is -2.27. The molecule has 1 amide bonds. The number of aliphatic imine (C=N–C) groups is 1. The Kier molecular flexibility index (Phi) is 7.28. The number of nitrogens with one attached hydrogen (secondary N) is 1. The molecule has 0 saturated carbocycles. The van der Waals surface area contributed by atoms with E-state index in [0.717, 1.165) is 22.7 Å². The molecule has 9 heteroatoms. The van der Waals surface area contributed by atoms with Crippen molar-refractivity contribution in [3.05, 3.63) is 41.7 Å². The highest BCUT2D eigenvalue weighted by atomic mass is 127. The van der Waals surface area contributed by atoms with E-state index in [0.29, 0.717) is 18.9 Å². The van der Waals surface area contributed by atoms with Crippen molar-refractivity contribution in [3.8, 4) is 5.75 Å². The number of likely N-dealkylation sites (tertiary alicyclic amines) is 1. The van der Waals surface area contributed by atoms with E-state index in [2.05, 4.69) is 15.4 Å². The van der Waals surface area contributed by atoms with E-state index < -0.39 is 0 Å². The number of aromatic nitrogens is 2. The van der Waals surface area contributed by atoms with Crippen LogP contribution in [0.1, 0.15) is 23.7 Å². The summed E-state index contributed by atoms with van der Waals surface area (Å²) in [6.07, 6.45) is 2.29. The van der Waals surface area contributed by atoms with Crippen LogP contribution in [-0.2, 0) is 11.8 Å². The maximum Gasteiger partial charge on any atom is 0.223 e. The first-order valence-electron chi connectivity index (χ1n) is 8.86. The highest BCUT2D eigenvalue weighted by Gasteiger charge is 2.39. The number of carbonyl (C=O) groups excluding carboxylic acids is 1. The van der Waals surface area contributed by atoms with Crippen molar-refractivity contribution >= 4 is 41.5 Å². The van der Waals surface area contributed by atoms with Gasteiger partial charge in [0, 0.05) is 49.9 Å². The Hall–Kier alpha value is -2.30. The summed E-state index contributed by atoms with van der Waals surface area (Å²) in [6.45, 7) is 2.48. The second kappa shape index (κ2) is 9.26. The largest absolute Gasteiger partial charge is 0.497 e. The van der Waals surface area contributed by atoms with Gasteiger partial charge in [-0.3, -0.25) is 14.5 Å². The van der Waals surface area contributed by atoms with Gasteiger partial charge in [0.25, 0.3) is 0 Å². The Labute approximate surface area is 182 Å². The molecule has 1 fully saturated rings. The number of halogens is 1. The smallest absolute Gasteiger partial charge is 0.223 e. The number of nitrogens with two attached hydrogens (primary N) is 1. The molecule has 152 valence electrons. The van der Waals surface area contributed by atoms with Crippen molar-refractivity contribution in [2.75, 3.05) is 26.0 Å². The topological polar surface area (TPSA) is 97.8 Å². The van der Waals surface area contributed by atoms with Crippen LogP contribution < -0.4 is 15.8 Å². The summed E-state index contributed by atoms with van der Waals surface area (Å²) in [4.78, 5) is 18.5. The Balaban J connectivity index is 0.00000280. The van der Waals surface area contributed by atoms with Gasteiger partial charge in [-0.25, -0.2) is 0 Å². The van der Waals surface area contributed by atoms with Gasteiger partial charge in [0.15, 0.2) is 5.96 Å². The molecule has 1 aliphatic heterocycles. The van der Waals surface area contributed by atoms with Crippen molar-refractivity contribution in [1.82, 2.24) is 14.7 Å². The van der Waals surface area contributed by atoms with Crippen molar-refractivity contribution < 1.29 is 9.53 Å². The number of anilines is 1. The molecule has 2 atom stereocenters. The normalized spacial score (nSPS) is 19.5. The fraction of sp³-hybridized carbons (Fsp3) is 0.421. The fourth-order valence-corrected chi connectivity index (χ4v) is 3.46. The van der Waals surface area contributed by atoms with Gasteiger partial charge in [-0.1, -0.05) is 0 Å². The molecular formula is C19H27IN6O2. The second-order valence-corrected chi connectivity index (χ2v) is 6.80. The number of benzene rings is 1. The van der Waals surface area contributed by atoms with Gasteiger partial charge in [-0.15, -0.1) is 24.0 Å². The predicted molar refractivity (Wildman–Crippen MR) is 120 cm³/mol. The molecule has 1 aliphatic rings. The molecule has 0 bridgehead atoms. The fourth-order valence-electron chi connectivity index (χ4n) is 3.46. The Morgan fingerprint density at radius 2 is 2.04 bits per heavy atom. The van der Waals surface area contributed by atoms with Gasteiger partial charge in [0.05, 0.1) is 19.3 Å². The van der Waals surface area contributed by atoms with Crippen LogP contribution in [0.4, 0.5) is 5.69 Å². The van der Waals surface area contributed by atoms with Crippen LogP contribution in [0.25, 0.3) is 0 Å². The zero-order valence-corrected chi connectivity index (χ0v) is 18.9. The average Bonchev–Trinajstić information content (AvgIpc) is 3.13. The number of methoxy groups -OCH3 is 1. The Morgan fingerprint density at radius 1 is 1.36 bits per heavy atom. The molecule has 1 saturated heterocycles. The molecular weight excluding hydrogens is 471 g/mol. The molecule has 2 heterocycles. The monoisotopic (exact) mass is 498 g/mol. The van der Waals surface area contributed by atoms with Crippen molar-refractivity contribution in [2.24, 2.45) is 23.7 Å². The third-order valence-corrected chi connectivity index (χ3v) is 5.14. The maximum absolute atomic E-state index is 12.3. The van der Waals surface area contributed by atoms with E-state index in [1.54, 1.807) is 12.0 Å². The summed E-state index contributed by atoms with van der Waals surface area (Å²) in [7, 11) is 5.36. The zero-order chi connectivity index (χ0) is 19.6. The number of hydrogen-bond donors (Lipinski definition) is 2. The van der Waals surface area contributed by atoms with Gasteiger partial charge >= 0.3 is 0 Å². The zero-order valence-electron chi connectivity index (χ0n) is 16.5. The maximum atomic E-state index is 12.3. The number of aryl methyl sites for hydroxylation is 1. The molecule has 1 aromatic carbocycles. The molecule has 2 aromatic rings. The highest BCUT2D eigenvalue weighted by Crippen LogP contribution is 2.38. The molecule has 3 rings (SSSR count). The average molecular weight is 498 g/mol. The summed E-state index contributed by atoms with van der Waals surface area (Å²) < 4.78 is 6.97. The van der Waals surface area contributed by atoms with Gasteiger partial charge < -0.3 is 20.7 Å². The van der Waals surface area contributed by atoms with Gasteiger partial charge in [0.1, 0.15) is 5.75 Å². The Morgan fingerprint density at radius 3 is 2.61 bits per heavy atom.